The van der Waals surface area contributed by atoms with Crippen molar-refractivity contribution in [3.05, 3.63) is 90.6 Å². The zero-order chi connectivity index (χ0) is 18.0. The van der Waals surface area contributed by atoms with Crippen LogP contribution in [0.25, 0.3) is 22.4 Å². The molecule has 1 nitrogen and oxygen atoms in total. The molecule has 0 aliphatic rings. The van der Waals surface area contributed by atoms with Gasteiger partial charge in [0, 0.05) is 17.5 Å². The van der Waals surface area contributed by atoms with Gasteiger partial charge in [0.15, 0.2) is 6.20 Å². The minimum atomic E-state index is -0.116. The van der Waals surface area contributed by atoms with Crippen molar-refractivity contribution in [3.8, 4) is 22.4 Å². The van der Waals surface area contributed by atoms with Crippen LogP contribution in [0.1, 0.15) is 25.0 Å². The Bertz CT molecular complexity index is 905. The maximum Gasteiger partial charge on any atom is 0.212 e. The fraction of sp³-hybridized carbons (Fsp3) is 0.208. The van der Waals surface area contributed by atoms with Crippen LogP contribution in [-0.4, -0.2) is 0 Å². The fourth-order valence-electron chi connectivity index (χ4n) is 3.29. The molecule has 0 aliphatic heterocycles. The lowest BCUT2D eigenvalue weighted by Crippen LogP contribution is -2.31. The zero-order valence-corrected chi connectivity index (χ0v) is 15.6. The molecule has 0 fully saturated rings. The van der Waals surface area contributed by atoms with Crippen molar-refractivity contribution in [2.75, 3.05) is 0 Å². The first-order valence-electron chi connectivity index (χ1n) is 8.73. The van der Waals surface area contributed by atoms with E-state index in [1.807, 2.05) is 6.08 Å². The summed E-state index contributed by atoms with van der Waals surface area (Å²) in [6.45, 7) is 10.7. The van der Waals surface area contributed by atoms with Gasteiger partial charge < -0.3 is 0 Å². The van der Waals surface area contributed by atoms with Crippen LogP contribution in [0.4, 0.5) is 0 Å². The molecule has 0 amide bonds. The van der Waals surface area contributed by atoms with E-state index in [2.05, 4.69) is 106 Å². The summed E-state index contributed by atoms with van der Waals surface area (Å²) < 4.78 is 2.18. The van der Waals surface area contributed by atoms with Crippen LogP contribution in [0.5, 0.6) is 0 Å². The third-order valence-corrected chi connectivity index (χ3v) is 4.98. The monoisotopic (exact) mass is 328 g/mol. The van der Waals surface area contributed by atoms with Crippen molar-refractivity contribution >= 4 is 0 Å². The predicted octanol–water partition coefficient (Wildman–Crippen LogP) is 5.62. The SMILES string of the molecule is C=CC(C)(C)c1cc(-c2ccccc2)c(C)cc1-c1cccc[n+]1C. The van der Waals surface area contributed by atoms with Gasteiger partial charge in [-0.05, 0) is 47.4 Å². The highest BCUT2D eigenvalue weighted by Crippen LogP contribution is 2.37. The lowest BCUT2D eigenvalue weighted by Gasteiger charge is -2.25. The van der Waals surface area contributed by atoms with Gasteiger partial charge in [0.25, 0.3) is 0 Å². The molecule has 0 radical (unpaired) electrons. The van der Waals surface area contributed by atoms with Crippen molar-refractivity contribution in [1.29, 1.82) is 0 Å². The molecule has 0 saturated heterocycles. The lowest BCUT2D eigenvalue weighted by atomic mass is 9.78. The summed E-state index contributed by atoms with van der Waals surface area (Å²) >= 11 is 0. The third-order valence-electron chi connectivity index (χ3n) is 4.98. The molecule has 0 atom stereocenters. The van der Waals surface area contributed by atoms with E-state index in [1.54, 1.807) is 0 Å². The second-order valence-electron chi connectivity index (χ2n) is 7.20. The summed E-state index contributed by atoms with van der Waals surface area (Å²) in [5.41, 5.74) is 7.50. The Morgan fingerprint density at radius 3 is 2.24 bits per heavy atom. The van der Waals surface area contributed by atoms with E-state index in [-0.39, 0.29) is 5.41 Å². The number of hydrogen-bond donors (Lipinski definition) is 0. The van der Waals surface area contributed by atoms with Gasteiger partial charge in [-0.25, -0.2) is 4.57 Å². The summed E-state index contributed by atoms with van der Waals surface area (Å²) in [6, 6.07) is 21.6. The summed E-state index contributed by atoms with van der Waals surface area (Å²) in [4.78, 5) is 0. The standard InChI is InChI=1S/C24H26N/c1-6-24(3,4)22-17-20(19-12-8-7-9-13-19)18(2)16-21(22)23-14-10-11-15-25(23)5/h6-17H,1H2,2-5H3/q+1. The maximum absolute atomic E-state index is 4.08. The normalized spacial score (nSPS) is 11.4. The van der Waals surface area contributed by atoms with Gasteiger partial charge in [0.2, 0.25) is 5.69 Å². The molecule has 0 saturated carbocycles. The van der Waals surface area contributed by atoms with Crippen molar-refractivity contribution < 1.29 is 4.57 Å². The number of hydrogen-bond acceptors (Lipinski definition) is 0. The second kappa shape index (κ2) is 6.68. The smallest absolute Gasteiger partial charge is 0.201 e. The molecule has 0 N–H and O–H groups in total. The highest BCUT2D eigenvalue weighted by Gasteiger charge is 2.25. The van der Waals surface area contributed by atoms with Crippen LogP contribution in [0.3, 0.4) is 0 Å². The number of allylic oxidation sites excluding steroid dienone is 1. The highest BCUT2D eigenvalue weighted by atomic mass is 14.9. The summed E-state index contributed by atoms with van der Waals surface area (Å²) in [5, 5.41) is 0. The van der Waals surface area contributed by atoms with Gasteiger partial charge in [-0.3, -0.25) is 0 Å². The average Bonchev–Trinajstić information content (AvgIpc) is 2.62. The first kappa shape index (κ1) is 17.2. The molecular weight excluding hydrogens is 302 g/mol. The van der Waals surface area contributed by atoms with E-state index < -0.39 is 0 Å². The van der Waals surface area contributed by atoms with Crippen LogP contribution in [0.15, 0.2) is 79.5 Å². The number of benzene rings is 2. The highest BCUT2D eigenvalue weighted by molar-refractivity contribution is 5.75. The quantitative estimate of drug-likeness (QED) is 0.432. The first-order valence-corrected chi connectivity index (χ1v) is 8.73. The molecule has 0 bridgehead atoms. The molecule has 2 aromatic carbocycles. The minimum absolute atomic E-state index is 0.116. The Hall–Kier alpha value is -2.67. The van der Waals surface area contributed by atoms with Gasteiger partial charge in [0.1, 0.15) is 7.05 Å². The van der Waals surface area contributed by atoms with E-state index in [4.69, 9.17) is 0 Å². The maximum atomic E-state index is 4.08. The Kier molecular flexibility index (Phi) is 4.59. The topological polar surface area (TPSA) is 3.88 Å². The van der Waals surface area contributed by atoms with Gasteiger partial charge in [-0.2, -0.15) is 0 Å². The van der Waals surface area contributed by atoms with Crippen LogP contribution in [0, 0.1) is 6.92 Å². The number of aromatic nitrogens is 1. The molecule has 0 unspecified atom stereocenters. The van der Waals surface area contributed by atoms with E-state index in [9.17, 15) is 0 Å². The minimum Gasteiger partial charge on any atom is -0.201 e. The Balaban J connectivity index is 2.31. The van der Waals surface area contributed by atoms with E-state index in [1.165, 1.54) is 33.5 Å². The molecule has 1 heterocycles. The van der Waals surface area contributed by atoms with Gasteiger partial charge >= 0.3 is 0 Å². The molecule has 0 aliphatic carbocycles. The second-order valence-corrected chi connectivity index (χ2v) is 7.20. The molecule has 0 spiro atoms. The van der Waals surface area contributed by atoms with E-state index in [0.29, 0.717) is 0 Å². The van der Waals surface area contributed by atoms with E-state index in [0.717, 1.165) is 0 Å². The number of aryl methyl sites for hydroxylation is 2. The average molecular weight is 328 g/mol. The van der Waals surface area contributed by atoms with Gasteiger partial charge in [-0.15, -0.1) is 6.58 Å². The summed E-state index contributed by atoms with van der Waals surface area (Å²) in [6.07, 6.45) is 4.14. The number of nitrogens with zero attached hydrogens (tertiary/aromatic N) is 1. The molecular formula is C24H26N+. The Morgan fingerprint density at radius 1 is 0.920 bits per heavy atom. The van der Waals surface area contributed by atoms with Crippen molar-refractivity contribution in [2.24, 2.45) is 7.05 Å². The molecule has 3 aromatic rings. The zero-order valence-electron chi connectivity index (χ0n) is 15.6. The summed E-state index contributed by atoms with van der Waals surface area (Å²) in [5.74, 6) is 0. The van der Waals surface area contributed by atoms with Crippen molar-refractivity contribution in [2.45, 2.75) is 26.2 Å². The van der Waals surface area contributed by atoms with Crippen LogP contribution >= 0.6 is 0 Å². The molecule has 3 rings (SSSR count). The molecule has 25 heavy (non-hydrogen) atoms. The van der Waals surface area contributed by atoms with Gasteiger partial charge in [0.05, 0.1) is 5.56 Å². The van der Waals surface area contributed by atoms with Gasteiger partial charge in [-0.1, -0.05) is 50.3 Å². The Morgan fingerprint density at radius 2 is 1.60 bits per heavy atom. The van der Waals surface area contributed by atoms with Crippen LogP contribution < -0.4 is 4.57 Å². The summed E-state index contributed by atoms with van der Waals surface area (Å²) in [7, 11) is 2.10. The largest absolute Gasteiger partial charge is 0.212 e. The third kappa shape index (κ3) is 3.28. The van der Waals surface area contributed by atoms with E-state index >= 15 is 0 Å². The Labute approximate surface area is 151 Å². The number of rotatable bonds is 4. The van der Waals surface area contributed by atoms with Crippen molar-refractivity contribution in [3.63, 3.8) is 0 Å². The fourth-order valence-corrected chi connectivity index (χ4v) is 3.29. The lowest BCUT2D eigenvalue weighted by molar-refractivity contribution is -0.660. The first-order chi connectivity index (χ1) is 11.9. The van der Waals surface area contributed by atoms with Crippen LogP contribution in [-0.2, 0) is 12.5 Å². The predicted molar refractivity (Wildman–Crippen MR) is 106 cm³/mol. The molecule has 1 aromatic heterocycles. The number of pyridine rings is 1. The molecule has 1 heteroatoms. The van der Waals surface area contributed by atoms with Crippen molar-refractivity contribution in [1.82, 2.24) is 0 Å². The molecule has 126 valence electrons. The van der Waals surface area contributed by atoms with Crippen LogP contribution in [0.2, 0.25) is 0 Å².